The van der Waals surface area contributed by atoms with Crippen molar-refractivity contribution in [2.75, 3.05) is 0 Å². The van der Waals surface area contributed by atoms with Gasteiger partial charge in [0.25, 0.3) is 0 Å². The Morgan fingerprint density at radius 3 is 2.51 bits per heavy atom. The van der Waals surface area contributed by atoms with E-state index in [0.29, 0.717) is 0 Å². The summed E-state index contributed by atoms with van der Waals surface area (Å²) in [5.74, 6) is 0.832. The summed E-state index contributed by atoms with van der Waals surface area (Å²) < 4.78 is 3.92. The maximum Gasteiger partial charge on any atom is 0.146 e. The SMILES string of the molecule is Cc1cc(-c2nc3ccccc3c3nc4n(c23)C=C=C=C4)ccc1-c1ccc(-c2cn3c#cccc3n2)cc1. The lowest BCUT2D eigenvalue weighted by Gasteiger charge is -2.12. The summed E-state index contributed by atoms with van der Waals surface area (Å²) in [5.41, 5.74) is 17.2. The quantitative estimate of drug-likeness (QED) is 0.239. The highest BCUT2D eigenvalue weighted by Crippen LogP contribution is 2.36. The van der Waals surface area contributed by atoms with Crippen LogP contribution in [0.15, 0.2) is 96.5 Å². The predicted molar refractivity (Wildman–Crippen MR) is 155 cm³/mol. The number of imidazole rings is 2. The van der Waals surface area contributed by atoms with Gasteiger partial charge < -0.3 is 0 Å². The van der Waals surface area contributed by atoms with Crippen LogP contribution in [0, 0.1) is 19.2 Å². The molecule has 1 aliphatic rings. The lowest BCUT2D eigenvalue weighted by molar-refractivity contribution is 1.13. The fraction of sp³-hybridized carbons (Fsp3) is 0.0294. The molecule has 0 amide bonds. The lowest BCUT2D eigenvalue weighted by atomic mass is 9.96. The molecule has 0 saturated carbocycles. The van der Waals surface area contributed by atoms with Crippen molar-refractivity contribution >= 4 is 39.9 Å². The minimum Gasteiger partial charge on any atom is -0.289 e. The van der Waals surface area contributed by atoms with Crippen LogP contribution in [0.3, 0.4) is 0 Å². The monoisotopic (exact) mass is 497 g/mol. The molecule has 5 heterocycles. The first-order valence-corrected chi connectivity index (χ1v) is 12.7. The summed E-state index contributed by atoms with van der Waals surface area (Å²) in [6.45, 7) is 2.15. The average molecular weight is 498 g/mol. The van der Waals surface area contributed by atoms with Gasteiger partial charge in [0.05, 0.1) is 23.1 Å². The number of fused-ring (bicyclic) bond motifs is 6. The highest BCUT2D eigenvalue weighted by Gasteiger charge is 2.19. The topological polar surface area (TPSA) is 48.0 Å². The number of benzene rings is 3. The van der Waals surface area contributed by atoms with E-state index in [9.17, 15) is 0 Å². The molecule has 0 atom stereocenters. The van der Waals surface area contributed by atoms with Gasteiger partial charge in [0.15, 0.2) is 0 Å². The van der Waals surface area contributed by atoms with Gasteiger partial charge in [0.2, 0.25) is 0 Å². The Morgan fingerprint density at radius 1 is 0.795 bits per heavy atom. The van der Waals surface area contributed by atoms with Crippen LogP contribution < -0.4 is 0 Å². The third kappa shape index (κ3) is 3.35. The smallest absolute Gasteiger partial charge is 0.146 e. The van der Waals surface area contributed by atoms with Crippen molar-refractivity contribution < 1.29 is 0 Å². The van der Waals surface area contributed by atoms with Crippen LogP contribution in [0.4, 0.5) is 0 Å². The van der Waals surface area contributed by atoms with Crippen molar-refractivity contribution in [3.8, 4) is 33.6 Å². The van der Waals surface area contributed by atoms with Crippen molar-refractivity contribution in [3.05, 3.63) is 120 Å². The number of aromatic nitrogens is 5. The third-order valence-electron chi connectivity index (χ3n) is 7.26. The minimum absolute atomic E-state index is 0.832. The summed E-state index contributed by atoms with van der Waals surface area (Å²) in [6, 6.07) is 30.0. The number of hydrogen-bond donors (Lipinski definition) is 0. The van der Waals surface area contributed by atoms with Crippen LogP contribution in [-0.2, 0) is 0 Å². The van der Waals surface area contributed by atoms with Gasteiger partial charge in [-0.3, -0.25) is 8.97 Å². The molecule has 39 heavy (non-hydrogen) atoms. The Bertz CT molecular complexity index is 2170. The zero-order valence-electron chi connectivity index (χ0n) is 21.0. The number of hydrogen-bond acceptors (Lipinski definition) is 3. The molecule has 0 aliphatic carbocycles. The average Bonchev–Trinajstić information content (AvgIpc) is 3.59. The van der Waals surface area contributed by atoms with E-state index in [4.69, 9.17) is 15.0 Å². The van der Waals surface area contributed by atoms with Crippen LogP contribution in [0.2, 0.25) is 0 Å². The van der Waals surface area contributed by atoms with Crippen molar-refractivity contribution in [1.29, 1.82) is 0 Å². The van der Waals surface area contributed by atoms with Crippen molar-refractivity contribution in [1.82, 2.24) is 23.9 Å². The van der Waals surface area contributed by atoms with Crippen LogP contribution in [0.25, 0.3) is 73.5 Å². The van der Waals surface area contributed by atoms with Gasteiger partial charge in [-0.1, -0.05) is 72.1 Å². The van der Waals surface area contributed by atoms with Crippen LogP contribution >= 0.6 is 0 Å². The minimum atomic E-state index is 0.832. The van der Waals surface area contributed by atoms with Crippen molar-refractivity contribution in [2.24, 2.45) is 0 Å². The van der Waals surface area contributed by atoms with Gasteiger partial charge in [0.1, 0.15) is 22.5 Å². The number of pyridine rings is 1. The molecular weight excluding hydrogens is 478 g/mol. The van der Waals surface area contributed by atoms with E-state index in [0.717, 1.165) is 61.5 Å². The van der Waals surface area contributed by atoms with E-state index in [1.54, 1.807) is 0 Å². The fourth-order valence-electron chi connectivity index (χ4n) is 5.37. The second-order valence-electron chi connectivity index (χ2n) is 9.63. The summed E-state index contributed by atoms with van der Waals surface area (Å²) in [4.78, 5) is 14.7. The zero-order valence-corrected chi connectivity index (χ0v) is 21.0. The van der Waals surface area contributed by atoms with Crippen molar-refractivity contribution in [3.63, 3.8) is 0 Å². The van der Waals surface area contributed by atoms with Crippen molar-refractivity contribution in [2.45, 2.75) is 6.92 Å². The number of rotatable bonds is 3. The standard InChI is InChI=1S/C34H19N5/c1-22-20-25(32-34-33(27-8-2-3-9-28(27)36-32)37-31-11-5-7-19-39(31)34)16-17-26(22)23-12-14-24(15-13-23)29-21-38-18-6-4-10-30(38)35-29/h2-4,8-17,19-21H,1H3. The molecule has 3 aromatic carbocycles. The molecule has 0 fully saturated rings. The number of nitrogens with zero attached hydrogens (tertiary/aromatic N) is 5. The Balaban J connectivity index is 1.22. The maximum absolute atomic E-state index is 5.10. The first-order chi connectivity index (χ1) is 19.2. The largest absolute Gasteiger partial charge is 0.289 e. The maximum atomic E-state index is 5.10. The van der Waals surface area contributed by atoms with Crippen LogP contribution in [0.5, 0.6) is 0 Å². The Hall–Kier alpha value is -5.65. The second-order valence-corrected chi connectivity index (χ2v) is 9.63. The van der Waals surface area contributed by atoms with E-state index in [2.05, 4.69) is 83.7 Å². The molecule has 180 valence electrons. The molecular formula is C34H19N5. The van der Waals surface area contributed by atoms with E-state index in [1.165, 1.54) is 11.1 Å². The molecule has 0 unspecified atom stereocenters. The van der Waals surface area contributed by atoms with Gasteiger partial charge in [-0.25, -0.2) is 15.0 Å². The fourth-order valence-corrected chi connectivity index (χ4v) is 5.37. The molecule has 5 nitrogen and oxygen atoms in total. The molecule has 0 bridgehead atoms. The van der Waals surface area contributed by atoms with Gasteiger partial charge in [-0.05, 0) is 47.9 Å². The Labute approximate surface area is 224 Å². The lowest BCUT2D eigenvalue weighted by Crippen LogP contribution is -1.96. The zero-order chi connectivity index (χ0) is 25.9. The molecule has 7 aromatic rings. The second kappa shape index (κ2) is 8.18. The summed E-state index contributed by atoms with van der Waals surface area (Å²) in [6.07, 6.45) is 8.77. The first-order valence-electron chi connectivity index (χ1n) is 12.7. The molecule has 4 aromatic heterocycles. The Kier molecular flexibility index (Phi) is 4.50. The van der Waals surface area contributed by atoms with E-state index in [-0.39, 0.29) is 0 Å². The predicted octanol–water partition coefficient (Wildman–Crippen LogP) is 7.39. The van der Waals surface area contributed by atoms with E-state index < -0.39 is 0 Å². The normalized spacial score (nSPS) is 11.9. The van der Waals surface area contributed by atoms with Crippen LogP contribution in [0.1, 0.15) is 11.4 Å². The number of aryl methyl sites for hydroxylation is 1. The molecule has 0 spiro atoms. The summed E-state index contributed by atoms with van der Waals surface area (Å²) >= 11 is 0. The molecule has 5 heteroatoms. The molecule has 0 saturated heterocycles. The number of para-hydroxylation sites is 1. The summed E-state index contributed by atoms with van der Waals surface area (Å²) in [7, 11) is 0. The molecule has 1 aliphatic heterocycles. The van der Waals surface area contributed by atoms with Gasteiger partial charge in [-0.2, -0.15) is 0 Å². The Morgan fingerprint density at radius 2 is 1.64 bits per heavy atom. The van der Waals surface area contributed by atoms with Gasteiger partial charge >= 0.3 is 0 Å². The van der Waals surface area contributed by atoms with Gasteiger partial charge in [-0.15, -0.1) is 0 Å². The molecule has 0 N–H and O–H groups in total. The van der Waals surface area contributed by atoms with Crippen LogP contribution in [-0.4, -0.2) is 23.9 Å². The third-order valence-corrected chi connectivity index (χ3v) is 7.26. The molecule has 8 rings (SSSR count). The summed E-state index contributed by atoms with van der Waals surface area (Å²) in [5, 5.41) is 1.04. The van der Waals surface area contributed by atoms with E-state index in [1.807, 2.05) is 53.2 Å². The molecule has 0 radical (unpaired) electrons. The van der Waals surface area contributed by atoms with Gasteiger partial charge in [0, 0.05) is 35.0 Å². The first kappa shape index (κ1) is 21.4. The van der Waals surface area contributed by atoms with E-state index >= 15 is 0 Å². The highest BCUT2D eigenvalue weighted by molar-refractivity contribution is 6.09. The highest BCUT2D eigenvalue weighted by atomic mass is 15.1.